The van der Waals surface area contributed by atoms with Gasteiger partial charge in [-0.1, -0.05) is 40.7 Å². The van der Waals surface area contributed by atoms with Crippen LogP contribution >= 0.6 is 0 Å². The molecule has 1 aliphatic heterocycles. The fourth-order valence-electron chi connectivity index (χ4n) is 3.80. The van der Waals surface area contributed by atoms with Crippen LogP contribution in [0.2, 0.25) is 0 Å². The molecule has 0 radical (unpaired) electrons. The molecule has 0 spiro atoms. The summed E-state index contributed by atoms with van der Waals surface area (Å²) in [7, 11) is 3.67. The molecule has 1 aliphatic rings. The Morgan fingerprint density at radius 2 is 1.87 bits per heavy atom. The van der Waals surface area contributed by atoms with Crippen molar-refractivity contribution >= 4 is 17.8 Å². The summed E-state index contributed by atoms with van der Waals surface area (Å²) in [6, 6.07) is -1.15. The van der Waals surface area contributed by atoms with Gasteiger partial charge in [0.2, 0.25) is 11.8 Å². The van der Waals surface area contributed by atoms with Gasteiger partial charge in [0.05, 0.1) is 18.7 Å². The number of carbonyl (C=O) groups is 3. The normalized spacial score (nSPS) is 20.1. The average Bonchev–Trinajstić information content (AvgIpc) is 3.07. The zero-order chi connectivity index (χ0) is 23.2. The molecular weight excluding hydrogens is 382 g/mol. The molecule has 0 aliphatic carbocycles. The summed E-state index contributed by atoms with van der Waals surface area (Å²) in [5.41, 5.74) is 0.0127. The van der Waals surface area contributed by atoms with Crippen molar-refractivity contribution in [1.29, 1.82) is 0 Å². The minimum Gasteiger partial charge on any atom is -0.463 e. The van der Waals surface area contributed by atoms with E-state index in [0.29, 0.717) is 12.2 Å². The molecule has 1 saturated heterocycles. The van der Waals surface area contributed by atoms with Crippen LogP contribution in [0.1, 0.15) is 61.3 Å². The zero-order valence-corrected chi connectivity index (χ0v) is 20.2. The topological polar surface area (TPSA) is 79.0 Å². The van der Waals surface area contributed by atoms with Gasteiger partial charge >= 0.3 is 5.97 Å². The van der Waals surface area contributed by atoms with E-state index in [1.54, 1.807) is 31.9 Å². The van der Waals surface area contributed by atoms with Crippen LogP contribution in [0, 0.1) is 11.3 Å². The Bertz CT molecular complexity index is 651. The van der Waals surface area contributed by atoms with Crippen molar-refractivity contribution in [1.82, 2.24) is 15.1 Å². The molecule has 30 heavy (non-hydrogen) atoms. The lowest BCUT2D eigenvalue weighted by molar-refractivity contribution is -0.141. The first-order chi connectivity index (χ1) is 13.8. The lowest BCUT2D eigenvalue weighted by Gasteiger charge is -2.38. The third kappa shape index (κ3) is 6.83. The van der Waals surface area contributed by atoms with E-state index in [1.807, 2.05) is 46.6 Å². The molecule has 3 atom stereocenters. The quantitative estimate of drug-likeness (QED) is 0.480. The highest BCUT2D eigenvalue weighted by molar-refractivity contribution is 5.91. The van der Waals surface area contributed by atoms with Gasteiger partial charge in [0, 0.05) is 12.6 Å². The van der Waals surface area contributed by atoms with Gasteiger partial charge < -0.3 is 15.0 Å². The molecule has 0 bridgehead atoms. The maximum atomic E-state index is 13.5. The SMILES string of the molecule is CCOC(=O)/C(C)=C/C(C(C)C)N(C)C(=O)[C@@H](NC(=O)[C@H]1CCCN1C)C(C)(C)C. The van der Waals surface area contributed by atoms with Gasteiger partial charge in [-0.05, 0) is 51.6 Å². The summed E-state index contributed by atoms with van der Waals surface area (Å²) in [6.45, 7) is 14.5. The maximum absolute atomic E-state index is 13.5. The Balaban J connectivity index is 3.09. The summed E-state index contributed by atoms with van der Waals surface area (Å²) < 4.78 is 5.07. The molecule has 1 fully saturated rings. The largest absolute Gasteiger partial charge is 0.463 e. The Morgan fingerprint density at radius 1 is 1.27 bits per heavy atom. The Morgan fingerprint density at radius 3 is 2.30 bits per heavy atom. The van der Waals surface area contributed by atoms with Crippen molar-refractivity contribution < 1.29 is 19.1 Å². The first-order valence-corrected chi connectivity index (χ1v) is 10.9. The van der Waals surface area contributed by atoms with Gasteiger partial charge in [-0.3, -0.25) is 14.5 Å². The third-order valence-corrected chi connectivity index (χ3v) is 5.72. The molecule has 1 rings (SSSR count). The molecule has 0 aromatic heterocycles. The van der Waals surface area contributed by atoms with Gasteiger partial charge in [-0.25, -0.2) is 4.79 Å². The van der Waals surface area contributed by atoms with E-state index in [9.17, 15) is 14.4 Å². The number of rotatable bonds is 8. The molecular formula is C23H41N3O4. The first kappa shape index (κ1) is 26.1. The molecule has 1 heterocycles. The molecule has 7 nitrogen and oxygen atoms in total. The predicted octanol–water partition coefficient (Wildman–Crippen LogP) is 2.60. The van der Waals surface area contributed by atoms with Crippen LogP contribution in [0.15, 0.2) is 11.6 Å². The van der Waals surface area contributed by atoms with E-state index in [4.69, 9.17) is 4.74 Å². The first-order valence-electron chi connectivity index (χ1n) is 10.9. The van der Waals surface area contributed by atoms with Crippen LogP contribution in [0.4, 0.5) is 0 Å². The number of hydrogen-bond donors (Lipinski definition) is 1. The molecule has 2 amide bonds. The fourth-order valence-corrected chi connectivity index (χ4v) is 3.80. The number of esters is 1. The third-order valence-electron chi connectivity index (χ3n) is 5.72. The molecule has 0 aromatic rings. The van der Waals surface area contributed by atoms with Crippen molar-refractivity contribution in [3.63, 3.8) is 0 Å². The minimum absolute atomic E-state index is 0.0839. The molecule has 0 saturated carbocycles. The molecule has 0 aromatic carbocycles. The van der Waals surface area contributed by atoms with Gasteiger partial charge in [0.1, 0.15) is 6.04 Å². The van der Waals surface area contributed by atoms with Crippen molar-refractivity contribution in [2.45, 2.75) is 79.4 Å². The highest BCUT2D eigenvalue weighted by Crippen LogP contribution is 2.25. The summed E-state index contributed by atoms with van der Waals surface area (Å²) in [6.07, 6.45) is 3.57. The Hall–Kier alpha value is -1.89. The number of hydrogen-bond acceptors (Lipinski definition) is 5. The van der Waals surface area contributed by atoms with E-state index in [-0.39, 0.29) is 35.8 Å². The van der Waals surface area contributed by atoms with Crippen LogP contribution in [0.5, 0.6) is 0 Å². The van der Waals surface area contributed by atoms with Crippen LogP contribution < -0.4 is 5.32 Å². The van der Waals surface area contributed by atoms with Gasteiger partial charge in [0.15, 0.2) is 0 Å². The lowest BCUT2D eigenvalue weighted by atomic mass is 9.85. The second-order valence-corrected chi connectivity index (χ2v) is 9.70. The molecule has 7 heteroatoms. The number of ether oxygens (including phenoxy) is 1. The van der Waals surface area contributed by atoms with Gasteiger partial charge in [0.25, 0.3) is 0 Å². The lowest BCUT2D eigenvalue weighted by Crippen LogP contribution is -2.58. The summed E-state index contributed by atoms with van der Waals surface area (Å²) in [5.74, 6) is -0.561. The van der Waals surface area contributed by atoms with E-state index in [1.165, 1.54) is 0 Å². The number of carbonyl (C=O) groups excluding carboxylic acids is 3. The van der Waals surface area contributed by atoms with Crippen LogP contribution in [0.25, 0.3) is 0 Å². The fraction of sp³-hybridized carbons (Fsp3) is 0.783. The number of likely N-dealkylation sites (tertiary alicyclic amines) is 1. The smallest absolute Gasteiger partial charge is 0.333 e. The number of nitrogens with zero attached hydrogens (tertiary/aromatic N) is 2. The monoisotopic (exact) mass is 423 g/mol. The standard InChI is InChI=1S/C23H41N3O4/c1-10-30-22(29)16(4)14-18(15(2)3)26(9)21(28)19(23(5,6)7)24-20(27)17-12-11-13-25(17)8/h14-15,17-19H,10-13H2,1-9H3,(H,24,27)/b16-14+/t17-,18?,19-/m1/s1. The number of likely N-dealkylation sites (N-methyl/N-ethyl adjacent to an activating group) is 2. The second kappa shape index (κ2) is 10.9. The van der Waals surface area contributed by atoms with Crippen LogP contribution in [-0.4, -0.2) is 73.0 Å². The van der Waals surface area contributed by atoms with Crippen LogP contribution in [0.3, 0.4) is 0 Å². The zero-order valence-electron chi connectivity index (χ0n) is 20.2. The second-order valence-electron chi connectivity index (χ2n) is 9.70. The van der Waals surface area contributed by atoms with E-state index in [0.717, 1.165) is 19.4 Å². The number of amides is 2. The highest BCUT2D eigenvalue weighted by Gasteiger charge is 2.39. The molecule has 172 valence electrons. The van der Waals surface area contributed by atoms with Crippen molar-refractivity contribution in [3.05, 3.63) is 11.6 Å². The van der Waals surface area contributed by atoms with Crippen LogP contribution in [-0.2, 0) is 19.1 Å². The minimum atomic E-state index is -0.665. The van der Waals surface area contributed by atoms with E-state index < -0.39 is 11.5 Å². The van der Waals surface area contributed by atoms with Gasteiger partial charge in [-0.15, -0.1) is 0 Å². The van der Waals surface area contributed by atoms with Gasteiger partial charge in [-0.2, -0.15) is 0 Å². The Kier molecular flexibility index (Phi) is 9.53. The van der Waals surface area contributed by atoms with Crippen molar-refractivity contribution in [2.75, 3.05) is 27.2 Å². The maximum Gasteiger partial charge on any atom is 0.333 e. The summed E-state index contributed by atoms with van der Waals surface area (Å²) in [5, 5.41) is 3.02. The van der Waals surface area contributed by atoms with Crippen molar-refractivity contribution in [3.8, 4) is 0 Å². The predicted molar refractivity (Wildman–Crippen MR) is 119 cm³/mol. The molecule has 1 N–H and O–H groups in total. The van der Waals surface area contributed by atoms with E-state index >= 15 is 0 Å². The summed E-state index contributed by atoms with van der Waals surface area (Å²) in [4.78, 5) is 42.1. The summed E-state index contributed by atoms with van der Waals surface area (Å²) >= 11 is 0. The number of nitrogens with one attached hydrogen (secondary N) is 1. The Labute approximate surface area is 182 Å². The average molecular weight is 424 g/mol. The van der Waals surface area contributed by atoms with Crippen molar-refractivity contribution in [2.24, 2.45) is 11.3 Å². The molecule has 1 unspecified atom stereocenters. The highest BCUT2D eigenvalue weighted by atomic mass is 16.5. The van der Waals surface area contributed by atoms with E-state index in [2.05, 4.69) is 5.32 Å².